The van der Waals surface area contributed by atoms with Crippen LogP contribution in [0.15, 0.2) is 29.2 Å². The summed E-state index contributed by atoms with van der Waals surface area (Å²) in [5.41, 5.74) is 0.792. The largest absolute Gasteiger partial charge is 0.347 e. The molecule has 0 amide bonds. The van der Waals surface area contributed by atoms with Crippen molar-refractivity contribution >= 4 is 16.0 Å². The molecule has 25 heavy (non-hydrogen) atoms. The summed E-state index contributed by atoms with van der Waals surface area (Å²) in [7, 11) is 2.16. The summed E-state index contributed by atoms with van der Waals surface area (Å²) < 4.78 is 29.6. The van der Waals surface area contributed by atoms with E-state index >= 15 is 0 Å². The molecule has 136 valence electrons. The number of aromatic nitrogens is 3. The van der Waals surface area contributed by atoms with Crippen molar-refractivity contribution in [2.75, 3.05) is 19.0 Å². The van der Waals surface area contributed by atoms with Crippen LogP contribution in [0.3, 0.4) is 0 Å². The lowest BCUT2D eigenvalue weighted by Crippen LogP contribution is -2.36. The highest BCUT2D eigenvalue weighted by atomic mass is 32.2. The van der Waals surface area contributed by atoms with Crippen molar-refractivity contribution in [3.8, 4) is 11.4 Å². The molecule has 3 rings (SSSR count). The number of nitrogens with one attached hydrogen (secondary N) is 1. The molecule has 1 fully saturated rings. The zero-order chi connectivity index (χ0) is 18.0. The Labute approximate surface area is 149 Å². The molecular formula is C17H25N5O2S. The van der Waals surface area contributed by atoms with Crippen LogP contribution < -0.4 is 9.62 Å². The van der Waals surface area contributed by atoms with Gasteiger partial charge in [-0.2, -0.15) is 4.98 Å². The SMILES string of the molecule is CN(C)c1nc(-c2ccc(S(=O)(=O)NC3CCCCC3)cc2)nn1C. The first-order valence-corrected chi connectivity index (χ1v) is 10.1. The smallest absolute Gasteiger partial charge is 0.240 e. The monoisotopic (exact) mass is 363 g/mol. The van der Waals surface area contributed by atoms with Crippen LogP contribution in [0, 0.1) is 0 Å². The van der Waals surface area contributed by atoms with Crippen LogP contribution in [0.25, 0.3) is 11.4 Å². The second kappa shape index (κ2) is 7.13. The van der Waals surface area contributed by atoms with Gasteiger partial charge < -0.3 is 4.90 Å². The van der Waals surface area contributed by atoms with Crippen molar-refractivity contribution in [1.82, 2.24) is 19.5 Å². The second-order valence-electron chi connectivity index (χ2n) is 6.73. The van der Waals surface area contributed by atoms with Gasteiger partial charge in [0.05, 0.1) is 4.90 Å². The van der Waals surface area contributed by atoms with Gasteiger partial charge in [0.25, 0.3) is 0 Å². The molecule has 1 heterocycles. The van der Waals surface area contributed by atoms with Crippen molar-refractivity contribution in [2.45, 2.75) is 43.0 Å². The summed E-state index contributed by atoms with van der Waals surface area (Å²) in [5, 5.41) is 4.39. The fraction of sp³-hybridized carbons (Fsp3) is 0.529. The summed E-state index contributed by atoms with van der Waals surface area (Å²) in [6, 6.07) is 6.80. The van der Waals surface area contributed by atoms with Crippen molar-refractivity contribution in [1.29, 1.82) is 0 Å². The Balaban J connectivity index is 1.78. The van der Waals surface area contributed by atoms with Crippen molar-refractivity contribution in [3.63, 3.8) is 0 Å². The van der Waals surface area contributed by atoms with E-state index in [0.717, 1.165) is 37.2 Å². The molecule has 1 saturated carbocycles. The lowest BCUT2D eigenvalue weighted by molar-refractivity contribution is 0.412. The minimum atomic E-state index is -3.48. The van der Waals surface area contributed by atoms with Gasteiger partial charge >= 0.3 is 0 Å². The van der Waals surface area contributed by atoms with Gasteiger partial charge in [-0.3, -0.25) is 0 Å². The molecule has 1 aliphatic carbocycles. The quantitative estimate of drug-likeness (QED) is 0.880. The average molecular weight is 363 g/mol. The van der Waals surface area contributed by atoms with Gasteiger partial charge in [-0.25, -0.2) is 17.8 Å². The van der Waals surface area contributed by atoms with Crippen LogP contribution in [0.2, 0.25) is 0 Å². The van der Waals surface area contributed by atoms with E-state index in [1.54, 1.807) is 28.9 Å². The van der Waals surface area contributed by atoms with Gasteiger partial charge in [0, 0.05) is 32.7 Å². The van der Waals surface area contributed by atoms with Crippen LogP contribution in [0.4, 0.5) is 5.95 Å². The molecule has 8 heteroatoms. The lowest BCUT2D eigenvalue weighted by Gasteiger charge is -2.22. The number of aryl methyl sites for hydroxylation is 1. The van der Waals surface area contributed by atoms with E-state index in [9.17, 15) is 8.42 Å². The maximum absolute atomic E-state index is 12.5. The number of hydrogen-bond donors (Lipinski definition) is 1. The molecule has 2 aromatic rings. The third-order valence-corrected chi connectivity index (χ3v) is 6.03. The number of hydrogen-bond acceptors (Lipinski definition) is 5. The summed E-state index contributed by atoms with van der Waals surface area (Å²) in [6.45, 7) is 0. The van der Waals surface area contributed by atoms with Crippen LogP contribution >= 0.6 is 0 Å². The minimum absolute atomic E-state index is 0.0542. The van der Waals surface area contributed by atoms with E-state index < -0.39 is 10.0 Å². The first kappa shape index (κ1) is 17.9. The van der Waals surface area contributed by atoms with E-state index in [2.05, 4.69) is 14.8 Å². The second-order valence-corrected chi connectivity index (χ2v) is 8.45. The number of benzene rings is 1. The Bertz CT molecular complexity index is 821. The Kier molecular flexibility index (Phi) is 5.10. The van der Waals surface area contributed by atoms with E-state index in [-0.39, 0.29) is 10.9 Å². The first-order valence-electron chi connectivity index (χ1n) is 8.58. The first-order chi connectivity index (χ1) is 11.9. The molecule has 7 nitrogen and oxygen atoms in total. The minimum Gasteiger partial charge on any atom is -0.347 e. The molecule has 0 unspecified atom stereocenters. The highest BCUT2D eigenvalue weighted by molar-refractivity contribution is 7.89. The standard InChI is InChI=1S/C17H25N5O2S/c1-21(2)17-18-16(19-22(17)3)13-9-11-15(12-10-13)25(23,24)20-14-7-5-4-6-8-14/h9-12,14,20H,4-8H2,1-3H3. The third kappa shape index (κ3) is 4.01. The number of sulfonamides is 1. The molecule has 0 bridgehead atoms. The normalized spacial score (nSPS) is 16.1. The maximum Gasteiger partial charge on any atom is 0.240 e. The Morgan fingerprint density at radius 2 is 1.76 bits per heavy atom. The summed E-state index contributed by atoms with van der Waals surface area (Å²) >= 11 is 0. The van der Waals surface area contributed by atoms with E-state index in [0.29, 0.717) is 5.82 Å². The van der Waals surface area contributed by atoms with E-state index in [1.165, 1.54) is 6.42 Å². The van der Waals surface area contributed by atoms with Gasteiger partial charge in [0.1, 0.15) is 0 Å². The zero-order valence-electron chi connectivity index (χ0n) is 14.9. The van der Waals surface area contributed by atoms with Gasteiger partial charge in [0.15, 0.2) is 5.82 Å². The number of nitrogens with zero attached hydrogens (tertiary/aromatic N) is 4. The summed E-state index contributed by atoms with van der Waals surface area (Å²) in [4.78, 5) is 6.64. The Morgan fingerprint density at radius 3 is 2.32 bits per heavy atom. The molecule has 0 aliphatic heterocycles. The molecule has 1 aromatic heterocycles. The molecule has 1 N–H and O–H groups in total. The van der Waals surface area contributed by atoms with Crippen molar-refractivity contribution in [3.05, 3.63) is 24.3 Å². The zero-order valence-corrected chi connectivity index (χ0v) is 15.8. The predicted molar refractivity (Wildman–Crippen MR) is 98.0 cm³/mol. The predicted octanol–water partition coefficient (Wildman–Crippen LogP) is 2.16. The highest BCUT2D eigenvalue weighted by Gasteiger charge is 2.22. The van der Waals surface area contributed by atoms with Crippen LogP contribution in [0.5, 0.6) is 0 Å². The number of rotatable bonds is 5. The van der Waals surface area contributed by atoms with E-state index in [1.807, 2.05) is 26.0 Å². The summed E-state index contributed by atoms with van der Waals surface area (Å²) in [5.74, 6) is 1.32. The molecule has 0 saturated heterocycles. The van der Waals surface area contributed by atoms with Crippen LogP contribution in [-0.4, -0.2) is 43.3 Å². The maximum atomic E-state index is 12.5. The lowest BCUT2D eigenvalue weighted by atomic mass is 9.96. The van der Waals surface area contributed by atoms with Gasteiger partial charge in [-0.1, -0.05) is 19.3 Å². The molecule has 1 aliphatic rings. The topological polar surface area (TPSA) is 80.1 Å². The van der Waals surface area contributed by atoms with Gasteiger partial charge in [0.2, 0.25) is 16.0 Å². The Morgan fingerprint density at radius 1 is 1.12 bits per heavy atom. The van der Waals surface area contributed by atoms with Crippen molar-refractivity contribution in [2.24, 2.45) is 7.05 Å². The van der Waals surface area contributed by atoms with Gasteiger partial charge in [-0.15, -0.1) is 5.10 Å². The molecule has 0 atom stereocenters. The molecule has 0 radical (unpaired) electrons. The fourth-order valence-corrected chi connectivity index (χ4v) is 4.48. The highest BCUT2D eigenvalue weighted by Crippen LogP contribution is 2.23. The molecule has 0 spiro atoms. The molecular weight excluding hydrogens is 338 g/mol. The third-order valence-electron chi connectivity index (χ3n) is 4.49. The Hall–Kier alpha value is -1.93. The molecule has 1 aromatic carbocycles. The number of anilines is 1. The van der Waals surface area contributed by atoms with Crippen LogP contribution in [-0.2, 0) is 17.1 Å². The fourth-order valence-electron chi connectivity index (χ4n) is 3.18. The summed E-state index contributed by atoms with van der Waals surface area (Å²) in [6.07, 6.45) is 5.21. The van der Waals surface area contributed by atoms with E-state index in [4.69, 9.17) is 0 Å². The van der Waals surface area contributed by atoms with Gasteiger partial charge in [-0.05, 0) is 37.1 Å². The average Bonchev–Trinajstić information content (AvgIpc) is 2.98. The van der Waals surface area contributed by atoms with Crippen molar-refractivity contribution < 1.29 is 8.42 Å². The van der Waals surface area contributed by atoms with Crippen LogP contribution in [0.1, 0.15) is 32.1 Å².